The second-order valence-corrected chi connectivity index (χ2v) is 5.40. The largest absolute Gasteiger partial charge is 0.497 e. The molecule has 0 aliphatic heterocycles. The molecule has 6 nitrogen and oxygen atoms in total. The second-order valence-electron chi connectivity index (χ2n) is 4.99. The van der Waals surface area contributed by atoms with E-state index in [0.717, 1.165) is 0 Å². The highest BCUT2D eigenvalue weighted by Gasteiger charge is 2.05. The number of para-hydroxylation sites is 1. The van der Waals surface area contributed by atoms with E-state index in [1.54, 1.807) is 43.5 Å². The average Bonchev–Trinajstić information content (AvgIpc) is 2.66. The molecular weight excluding hydrogens is 357 g/mol. The van der Waals surface area contributed by atoms with Gasteiger partial charge in [-0.1, -0.05) is 12.1 Å². The van der Waals surface area contributed by atoms with Crippen molar-refractivity contribution >= 4 is 35.0 Å². The van der Waals surface area contributed by atoms with E-state index in [2.05, 4.69) is 16.2 Å². The van der Waals surface area contributed by atoms with Crippen molar-refractivity contribution in [2.75, 3.05) is 19.5 Å². The summed E-state index contributed by atoms with van der Waals surface area (Å²) >= 11 is 5.00. The van der Waals surface area contributed by atoms with Crippen molar-refractivity contribution in [2.45, 2.75) is 0 Å². The van der Waals surface area contributed by atoms with E-state index in [-0.39, 0.29) is 10.8 Å². The molecule has 0 aliphatic carbocycles. The Morgan fingerprint density at radius 1 is 1.12 bits per heavy atom. The molecule has 3 N–H and O–H groups in total. The third kappa shape index (κ3) is 5.45. The molecule has 1 amide bonds. The van der Waals surface area contributed by atoms with Gasteiger partial charge in [-0.05, 0) is 42.6 Å². The number of carbonyl (C=O) groups excluding carboxylic acids is 1. The Bertz CT molecular complexity index is 827. The van der Waals surface area contributed by atoms with E-state index in [0.29, 0.717) is 17.1 Å². The van der Waals surface area contributed by atoms with Crippen molar-refractivity contribution in [3.63, 3.8) is 0 Å². The smallest absolute Gasteiger partial charge is 0.262 e. The van der Waals surface area contributed by atoms with Gasteiger partial charge in [-0.3, -0.25) is 15.6 Å². The number of amides is 1. The predicted octanol–water partition coefficient (Wildman–Crippen LogP) is 2.87. The van der Waals surface area contributed by atoms with Crippen LogP contribution in [0.2, 0.25) is 0 Å². The second kappa shape index (κ2) is 9.38. The van der Waals surface area contributed by atoms with Gasteiger partial charge in [0.05, 0.1) is 19.9 Å². The topological polar surface area (TPSA) is 71.6 Å². The van der Waals surface area contributed by atoms with Crippen LogP contribution >= 0.6 is 12.2 Å². The Balaban J connectivity index is 1.89. The Kier molecular flexibility index (Phi) is 6.92. The minimum atomic E-state index is -0.450. The van der Waals surface area contributed by atoms with Gasteiger partial charge in [0.25, 0.3) is 5.91 Å². The summed E-state index contributed by atoms with van der Waals surface area (Å²) in [6, 6.07) is 11.3. The third-order valence-electron chi connectivity index (χ3n) is 3.28. The third-order valence-corrected chi connectivity index (χ3v) is 3.48. The first kappa shape index (κ1) is 19.2. The Morgan fingerprint density at radius 2 is 1.88 bits per heavy atom. The van der Waals surface area contributed by atoms with E-state index in [1.165, 1.54) is 25.3 Å². The molecule has 8 heteroatoms. The predicted molar refractivity (Wildman–Crippen MR) is 102 cm³/mol. The van der Waals surface area contributed by atoms with Crippen molar-refractivity contribution in [1.82, 2.24) is 10.9 Å². The number of benzene rings is 2. The van der Waals surface area contributed by atoms with E-state index >= 15 is 0 Å². The molecule has 0 spiro atoms. The van der Waals surface area contributed by atoms with E-state index in [9.17, 15) is 9.18 Å². The maximum Gasteiger partial charge on any atom is 0.262 e. The standard InChI is InChI=1S/C18H18FN3O3S/c1-24-13-9-7-12(16(11-13)25-2)8-10-17(23)21-22-18(26)20-15-6-4-3-5-14(15)19/h3-11H,1-2H3,(H,21,23)(H2,20,22,26)/b10-8+. The summed E-state index contributed by atoms with van der Waals surface area (Å²) in [6.45, 7) is 0. The fraction of sp³-hybridized carbons (Fsp3) is 0.111. The van der Waals surface area contributed by atoms with Crippen LogP contribution < -0.4 is 25.6 Å². The number of hydrogen-bond acceptors (Lipinski definition) is 4. The summed E-state index contributed by atoms with van der Waals surface area (Å²) in [5.74, 6) is 0.322. The van der Waals surface area contributed by atoms with Crippen LogP contribution in [0.15, 0.2) is 48.5 Å². The van der Waals surface area contributed by atoms with Crippen LogP contribution in [0.1, 0.15) is 5.56 Å². The molecule has 26 heavy (non-hydrogen) atoms. The normalized spacial score (nSPS) is 10.3. The number of rotatable bonds is 5. The number of carbonyl (C=O) groups is 1. The molecule has 2 rings (SSSR count). The van der Waals surface area contributed by atoms with Crippen LogP contribution in [0.3, 0.4) is 0 Å². The Hall–Kier alpha value is -3.13. The highest BCUT2D eigenvalue weighted by atomic mass is 32.1. The van der Waals surface area contributed by atoms with Crippen molar-refractivity contribution in [2.24, 2.45) is 0 Å². The maximum atomic E-state index is 13.5. The van der Waals surface area contributed by atoms with E-state index < -0.39 is 11.7 Å². The summed E-state index contributed by atoms with van der Waals surface area (Å²) in [6.07, 6.45) is 2.89. The number of halogens is 1. The summed E-state index contributed by atoms with van der Waals surface area (Å²) in [5, 5.41) is 2.70. The Labute approximate surface area is 156 Å². The van der Waals surface area contributed by atoms with Gasteiger partial charge in [0.1, 0.15) is 17.3 Å². The highest BCUT2D eigenvalue weighted by molar-refractivity contribution is 7.80. The van der Waals surface area contributed by atoms with Gasteiger partial charge >= 0.3 is 0 Å². The zero-order valence-electron chi connectivity index (χ0n) is 14.2. The molecule has 0 radical (unpaired) electrons. The van der Waals surface area contributed by atoms with Gasteiger partial charge in [-0.2, -0.15) is 0 Å². The van der Waals surface area contributed by atoms with Gasteiger partial charge in [0.2, 0.25) is 0 Å². The quantitative estimate of drug-likeness (QED) is 0.424. The maximum absolute atomic E-state index is 13.5. The zero-order valence-corrected chi connectivity index (χ0v) is 15.0. The van der Waals surface area contributed by atoms with Gasteiger partial charge in [0.15, 0.2) is 5.11 Å². The number of methoxy groups -OCH3 is 2. The SMILES string of the molecule is COc1ccc(/C=C/C(=O)NNC(=S)Nc2ccccc2F)c(OC)c1. The van der Waals surface area contributed by atoms with Crippen LogP contribution in [-0.2, 0) is 4.79 Å². The average molecular weight is 375 g/mol. The van der Waals surface area contributed by atoms with E-state index in [1.807, 2.05) is 0 Å². The molecule has 0 saturated carbocycles. The monoisotopic (exact) mass is 375 g/mol. The van der Waals surface area contributed by atoms with Crippen LogP contribution in [0, 0.1) is 5.82 Å². The van der Waals surface area contributed by atoms with Crippen molar-refractivity contribution in [3.8, 4) is 11.5 Å². The van der Waals surface area contributed by atoms with Crippen LogP contribution in [0.25, 0.3) is 6.08 Å². The van der Waals surface area contributed by atoms with Crippen LogP contribution in [-0.4, -0.2) is 25.2 Å². The number of hydrogen-bond donors (Lipinski definition) is 3. The van der Waals surface area contributed by atoms with Crippen LogP contribution in [0.5, 0.6) is 11.5 Å². The molecule has 0 unspecified atom stereocenters. The van der Waals surface area contributed by atoms with Crippen LogP contribution in [0.4, 0.5) is 10.1 Å². The zero-order chi connectivity index (χ0) is 18.9. The van der Waals surface area contributed by atoms with Gasteiger partial charge in [-0.25, -0.2) is 4.39 Å². The van der Waals surface area contributed by atoms with Crippen molar-refractivity contribution < 1.29 is 18.7 Å². The first-order chi connectivity index (χ1) is 12.5. The van der Waals surface area contributed by atoms with Gasteiger partial charge in [-0.15, -0.1) is 0 Å². The minimum absolute atomic E-state index is 0.0545. The molecule has 0 fully saturated rings. The lowest BCUT2D eigenvalue weighted by molar-refractivity contribution is -0.116. The van der Waals surface area contributed by atoms with Gasteiger partial charge < -0.3 is 14.8 Å². The molecule has 0 atom stereocenters. The summed E-state index contributed by atoms with van der Waals surface area (Å²) in [7, 11) is 3.09. The molecule has 2 aromatic carbocycles. The number of nitrogens with one attached hydrogen (secondary N) is 3. The lowest BCUT2D eigenvalue weighted by atomic mass is 10.1. The highest BCUT2D eigenvalue weighted by Crippen LogP contribution is 2.25. The number of ether oxygens (including phenoxy) is 2. The first-order valence-corrected chi connectivity index (χ1v) is 7.96. The molecule has 2 aromatic rings. The lowest BCUT2D eigenvalue weighted by Gasteiger charge is -2.11. The number of anilines is 1. The minimum Gasteiger partial charge on any atom is -0.497 e. The molecule has 136 valence electrons. The molecular formula is C18H18FN3O3S. The lowest BCUT2D eigenvalue weighted by Crippen LogP contribution is -2.43. The fourth-order valence-electron chi connectivity index (χ4n) is 2.00. The van der Waals surface area contributed by atoms with Gasteiger partial charge in [0, 0.05) is 17.7 Å². The summed E-state index contributed by atoms with van der Waals surface area (Å²) in [4.78, 5) is 11.9. The molecule has 0 bridgehead atoms. The number of hydrazine groups is 1. The van der Waals surface area contributed by atoms with Crippen molar-refractivity contribution in [3.05, 3.63) is 59.9 Å². The summed E-state index contributed by atoms with van der Waals surface area (Å²) in [5.41, 5.74) is 5.79. The molecule has 0 heterocycles. The summed E-state index contributed by atoms with van der Waals surface area (Å²) < 4.78 is 23.9. The molecule has 0 aliphatic rings. The van der Waals surface area contributed by atoms with E-state index in [4.69, 9.17) is 21.7 Å². The van der Waals surface area contributed by atoms with Crippen molar-refractivity contribution in [1.29, 1.82) is 0 Å². The Morgan fingerprint density at radius 3 is 2.58 bits per heavy atom. The number of thiocarbonyl (C=S) groups is 1. The molecule has 0 saturated heterocycles. The first-order valence-electron chi connectivity index (χ1n) is 7.55. The fourth-order valence-corrected chi connectivity index (χ4v) is 2.16. The molecule has 0 aromatic heterocycles.